The van der Waals surface area contributed by atoms with E-state index in [1.807, 2.05) is 37.3 Å². The molecule has 1 unspecified atom stereocenters. The van der Waals surface area contributed by atoms with Gasteiger partial charge in [0, 0.05) is 0 Å². The largest absolute Gasteiger partial charge is 0.469 e. The van der Waals surface area contributed by atoms with Crippen molar-refractivity contribution in [1.29, 1.82) is 0 Å². The van der Waals surface area contributed by atoms with Gasteiger partial charge < -0.3 is 9.84 Å². The third-order valence-electron chi connectivity index (χ3n) is 2.56. The monoisotopic (exact) mass is 208 g/mol. The molecule has 0 heterocycles. The number of carbonyl (C=O) groups excluding carboxylic acids is 1. The van der Waals surface area contributed by atoms with Crippen LogP contribution in [-0.2, 0) is 15.1 Å². The highest BCUT2D eigenvalue weighted by Gasteiger charge is 2.30. The van der Waals surface area contributed by atoms with Gasteiger partial charge in [0.1, 0.15) is 0 Å². The molecule has 0 amide bonds. The van der Waals surface area contributed by atoms with Crippen LogP contribution in [0.25, 0.3) is 0 Å². The number of rotatable bonds is 4. The minimum absolute atomic E-state index is 0.00991. The predicted octanol–water partition coefficient (Wildman–Crippen LogP) is 1.85. The van der Waals surface area contributed by atoms with E-state index in [1.165, 1.54) is 7.11 Å². The molecule has 0 aliphatic heterocycles. The Balaban J connectivity index is 2.90. The average molecular weight is 208 g/mol. The molecule has 0 saturated heterocycles. The van der Waals surface area contributed by atoms with E-state index < -0.39 is 11.6 Å². The Bertz CT molecular complexity index is 321. The van der Waals surface area contributed by atoms with Crippen molar-refractivity contribution >= 4 is 5.97 Å². The molecule has 0 aromatic heterocycles. The lowest BCUT2D eigenvalue weighted by Crippen LogP contribution is -2.28. The second-order valence-corrected chi connectivity index (χ2v) is 3.50. The molecule has 15 heavy (non-hydrogen) atoms. The summed E-state index contributed by atoms with van der Waals surface area (Å²) in [5.41, 5.74) is -0.369. The maximum atomic E-state index is 11.2. The molecule has 1 aromatic carbocycles. The molecule has 3 nitrogen and oxygen atoms in total. The summed E-state index contributed by atoms with van der Waals surface area (Å²) in [6.45, 7) is 1.84. The SMILES string of the molecule is CCC(O)(CC(=O)OC)c1ccccc1. The van der Waals surface area contributed by atoms with Crippen molar-refractivity contribution in [3.63, 3.8) is 0 Å². The lowest BCUT2D eigenvalue weighted by molar-refractivity contribution is -0.146. The highest BCUT2D eigenvalue weighted by Crippen LogP contribution is 2.28. The number of methoxy groups -OCH3 is 1. The van der Waals surface area contributed by atoms with Gasteiger partial charge in [0.2, 0.25) is 0 Å². The summed E-state index contributed by atoms with van der Waals surface area (Å²) in [7, 11) is 1.32. The van der Waals surface area contributed by atoms with E-state index in [0.717, 1.165) is 5.56 Å². The zero-order chi connectivity index (χ0) is 11.3. The van der Waals surface area contributed by atoms with Crippen LogP contribution < -0.4 is 0 Å². The van der Waals surface area contributed by atoms with Gasteiger partial charge in [0.05, 0.1) is 19.1 Å². The fraction of sp³-hybridized carbons (Fsp3) is 0.417. The second-order valence-electron chi connectivity index (χ2n) is 3.50. The minimum atomic E-state index is -1.12. The van der Waals surface area contributed by atoms with Crippen molar-refractivity contribution in [3.05, 3.63) is 35.9 Å². The molecule has 0 aliphatic rings. The highest BCUT2D eigenvalue weighted by molar-refractivity contribution is 5.70. The molecule has 1 rings (SSSR count). The number of ether oxygens (including phenoxy) is 1. The Morgan fingerprint density at radius 2 is 2.00 bits per heavy atom. The van der Waals surface area contributed by atoms with Crippen LogP contribution in [0, 0.1) is 0 Å². The van der Waals surface area contributed by atoms with Crippen LogP contribution in [0.1, 0.15) is 25.3 Å². The average Bonchev–Trinajstić information content (AvgIpc) is 2.30. The lowest BCUT2D eigenvalue weighted by Gasteiger charge is -2.25. The summed E-state index contributed by atoms with van der Waals surface area (Å²) in [4.78, 5) is 11.2. The number of aliphatic hydroxyl groups is 1. The van der Waals surface area contributed by atoms with Crippen molar-refractivity contribution < 1.29 is 14.6 Å². The number of benzene rings is 1. The van der Waals surface area contributed by atoms with Crippen LogP contribution in [-0.4, -0.2) is 18.2 Å². The van der Waals surface area contributed by atoms with E-state index in [4.69, 9.17) is 0 Å². The Kier molecular flexibility index (Phi) is 3.86. The van der Waals surface area contributed by atoms with Crippen molar-refractivity contribution in [2.45, 2.75) is 25.4 Å². The van der Waals surface area contributed by atoms with Gasteiger partial charge in [0.25, 0.3) is 0 Å². The van der Waals surface area contributed by atoms with Crippen LogP contribution in [0.3, 0.4) is 0 Å². The Morgan fingerprint density at radius 1 is 1.40 bits per heavy atom. The van der Waals surface area contributed by atoms with E-state index in [2.05, 4.69) is 4.74 Å². The van der Waals surface area contributed by atoms with Gasteiger partial charge in [-0.3, -0.25) is 4.79 Å². The third-order valence-corrected chi connectivity index (χ3v) is 2.56. The fourth-order valence-corrected chi connectivity index (χ4v) is 1.49. The van der Waals surface area contributed by atoms with Gasteiger partial charge in [-0.1, -0.05) is 37.3 Å². The van der Waals surface area contributed by atoms with E-state index in [9.17, 15) is 9.90 Å². The molecular weight excluding hydrogens is 192 g/mol. The first-order valence-electron chi connectivity index (χ1n) is 4.97. The normalized spacial score (nSPS) is 14.3. The summed E-state index contributed by atoms with van der Waals surface area (Å²) >= 11 is 0. The molecule has 0 saturated carbocycles. The van der Waals surface area contributed by atoms with E-state index in [0.29, 0.717) is 6.42 Å². The molecule has 0 radical (unpaired) electrons. The molecule has 0 spiro atoms. The van der Waals surface area contributed by atoms with Crippen molar-refractivity contribution in [2.75, 3.05) is 7.11 Å². The summed E-state index contributed by atoms with van der Waals surface area (Å²) in [5, 5.41) is 10.3. The van der Waals surface area contributed by atoms with Crippen molar-refractivity contribution in [2.24, 2.45) is 0 Å². The summed E-state index contributed by atoms with van der Waals surface area (Å²) in [6.07, 6.45) is 0.468. The number of esters is 1. The molecule has 0 bridgehead atoms. The van der Waals surface area contributed by atoms with Gasteiger partial charge in [-0.05, 0) is 12.0 Å². The Hall–Kier alpha value is -1.35. The van der Waals surface area contributed by atoms with Crippen LogP contribution in [0.2, 0.25) is 0 Å². The molecule has 1 aromatic rings. The van der Waals surface area contributed by atoms with E-state index in [-0.39, 0.29) is 6.42 Å². The van der Waals surface area contributed by atoms with Crippen LogP contribution >= 0.6 is 0 Å². The topological polar surface area (TPSA) is 46.5 Å². The quantitative estimate of drug-likeness (QED) is 0.768. The molecule has 3 heteroatoms. The first kappa shape index (κ1) is 11.7. The summed E-state index contributed by atoms with van der Waals surface area (Å²) < 4.78 is 4.57. The summed E-state index contributed by atoms with van der Waals surface area (Å²) in [6, 6.07) is 9.18. The first-order valence-corrected chi connectivity index (χ1v) is 4.97. The molecule has 82 valence electrons. The number of hydrogen-bond donors (Lipinski definition) is 1. The standard InChI is InChI=1S/C12H16O3/c1-3-12(14,9-11(13)15-2)10-7-5-4-6-8-10/h4-8,14H,3,9H2,1-2H3. The third kappa shape index (κ3) is 2.80. The van der Waals surface area contributed by atoms with Crippen LogP contribution in [0.5, 0.6) is 0 Å². The van der Waals surface area contributed by atoms with Gasteiger partial charge in [-0.15, -0.1) is 0 Å². The molecule has 1 atom stereocenters. The molecular formula is C12H16O3. The Morgan fingerprint density at radius 3 is 2.47 bits per heavy atom. The lowest BCUT2D eigenvalue weighted by atomic mass is 9.88. The maximum Gasteiger partial charge on any atom is 0.308 e. The smallest absolute Gasteiger partial charge is 0.308 e. The fourth-order valence-electron chi connectivity index (χ4n) is 1.49. The van der Waals surface area contributed by atoms with Crippen LogP contribution in [0.4, 0.5) is 0 Å². The van der Waals surface area contributed by atoms with Gasteiger partial charge in [0.15, 0.2) is 0 Å². The predicted molar refractivity (Wildman–Crippen MR) is 57.3 cm³/mol. The maximum absolute atomic E-state index is 11.2. The molecule has 0 aliphatic carbocycles. The van der Waals surface area contributed by atoms with E-state index >= 15 is 0 Å². The second kappa shape index (κ2) is 4.94. The van der Waals surface area contributed by atoms with Gasteiger partial charge in [-0.2, -0.15) is 0 Å². The van der Waals surface area contributed by atoms with E-state index in [1.54, 1.807) is 0 Å². The molecule has 1 N–H and O–H groups in total. The van der Waals surface area contributed by atoms with Crippen LogP contribution in [0.15, 0.2) is 30.3 Å². The zero-order valence-electron chi connectivity index (χ0n) is 9.06. The summed E-state index contributed by atoms with van der Waals surface area (Å²) in [5.74, 6) is -0.400. The highest BCUT2D eigenvalue weighted by atomic mass is 16.5. The van der Waals surface area contributed by atoms with Gasteiger partial charge >= 0.3 is 5.97 Å². The minimum Gasteiger partial charge on any atom is -0.469 e. The zero-order valence-corrected chi connectivity index (χ0v) is 9.06. The van der Waals surface area contributed by atoms with Crippen molar-refractivity contribution in [3.8, 4) is 0 Å². The number of carbonyl (C=O) groups is 1. The van der Waals surface area contributed by atoms with Crippen molar-refractivity contribution in [1.82, 2.24) is 0 Å². The van der Waals surface area contributed by atoms with Gasteiger partial charge in [-0.25, -0.2) is 0 Å². The Labute approximate surface area is 89.7 Å². The number of hydrogen-bond acceptors (Lipinski definition) is 3. The molecule has 0 fully saturated rings. The first-order chi connectivity index (χ1) is 7.12.